The zero-order valence-corrected chi connectivity index (χ0v) is 14.6. The molecule has 1 atom stereocenters. The molecule has 0 amide bonds. The van der Waals surface area contributed by atoms with Crippen molar-refractivity contribution in [2.45, 2.75) is 19.6 Å². The van der Waals surface area contributed by atoms with Crippen LogP contribution in [0, 0.1) is 0 Å². The fraction of sp³-hybridized carbons (Fsp3) is 0.167. The number of aliphatic imine (C=N–C) groups is 1. The topological polar surface area (TPSA) is 75.3 Å². The van der Waals surface area contributed by atoms with Gasteiger partial charge in [-0.3, -0.25) is 4.98 Å². The molecule has 0 spiro atoms. The molecule has 142 valence electrons. The van der Waals surface area contributed by atoms with Crippen LogP contribution in [-0.4, -0.2) is 43.7 Å². The number of hydrogen-bond donors (Lipinski definition) is 1. The minimum absolute atomic E-state index is 0.188. The van der Waals surface area contributed by atoms with Crippen molar-refractivity contribution in [3.05, 3.63) is 54.8 Å². The van der Waals surface area contributed by atoms with Crippen LogP contribution in [0.3, 0.4) is 0 Å². The SMILES string of the molecule is CC1=[N+](c2cncc(Nc3ccc(OC(F)F)nc3)n2)C2C=C(F)C=CC2=N1. The second-order valence-electron chi connectivity index (χ2n) is 5.93. The van der Waals surface area contributed by atoms with Crippen molar-refractivity contribution in [3.63, 3.8) is 0 Å². The van der Waals surface area contributed by atoms with Gasteiger partial charge in [-0.25, -0.2) is 13.9 Å². The second-order valence-corrected chi connectivity index (χ2v) is 5.93. The Labute approximate surface area is 157 Å². The van der Waals surface area contributed by atoms with E-state index in [1.165, 1.54) is 36.7 Å². The predicted molar refractivity (Wildman–Crippen MR) is 96.3 cm³/mol. The Morgan fingerprint density at radius 3 is 2.79 bits per heavy atom. The van der Waals surface area contributed by atoms with Crippen LogP contribution in [0.2, 0.25) is 0 Å². The van der Waals surface area contributed by atoms with E-state index in [0.717, 1.165) is 5.71 Å². The first-order valence-electron chi connectivity index (χ1n) is 8.26. The number of rotatable bonds is 5. The van der Waals surface area contributed by atoms with Gasteiger partial charge in [0.15, 0.2) is 11.8 Å². The molecular formula is C18H14F3N6O+. The van der Waals surface area contributed by atoms with Crippen molar-refractivity contribution in [1.29, 1.82) is 0 Å². The van der Waals surface area contributed by atoms with Crippen LogP contribution in [0.4, 0.5) is 30.5 Å². The molecule has 0 saturated carbocycles. The highest BCUT2D eigenvalue weighted by atomic mass is 19.3. The fourth-order valence-corrected chi connectivity index (χ4v) is 2.91. The zero-order chi connectivity index (χ0) is 19.7. The van der Waals surface area contributed by atoms with Crippen LogP contribution < -0.4 is 10.1 Å². The number of fused-ring (bicyclic) bond motifs is 1. The van der Waals surface area contributed by atoms with Gasteiger partial charge in [-0.05, 0) is 24.3 Å². The van der Waals surface area contributed by atoms with E-state index in [1.807, 2.05) is 0 Å². The van der Waals surface area contributed by atoms with Gasteiger partial charge in [-0.15, -0.1) is 4.99 Å². The van der Waals surface area contributed by atoms with E-state index >= 15 is 0 Å². The average Bonchev–Trinajstić information content (AvgIpc) is 2.98. The van der Waals surface area contributed by atoms with Gasteiger partial charge in [0.05, 0.1) is 18.1 Å². The standard InChI is InChI=1S/C18H14F3N6O/c1-10-24-13-4-2-11(19)6-14(13)27(10)16-9-22-8-15(26-16)25-12-3-5-17(23-7-12)28-18(20)21/h2-9,14,18H,1H3,(H,25,26)/q+1. The molecule has 0 saturated heterocycles. The summed E-state index contributed by atoms with van der Waals surface area (Å²) >= 11 is 0. The van der Waals surface area contributed by atoms with E-state index in [9.17, 15) is 13.2 Å². The first kappa shape index (κ1) is 17.8. The Bertz CT molecular complexity index is 1030. The zero-order valence-electron chi connectivity index (χ0n) is 14.6. The molecule has 1 aliphatic heterocycles. The smallest absolute Gasteiger partial charge is 0.388 e. The van der Waals surface area contributed by atoms with E-state index in [0.29, 0.717) is 23.2 Å². The van der Waals surface area contributed by atoms with Gasteiger partial charge >= 0.3 is 6.61 Å². The lowest BCUT2D eigenvalue weighted by Crippen LogP contribution is -2.27. The highest BCUT2D eigenvalue weighted by molar-refractivity contribution is 6.09. The van der Waals surface area contributed by atoms with Crippen LogP contribution in [0.15, 0.2) is 59.8 Å². The third kappa shape index (κ3) is 3.61. The van der Waals surface area contributed by atoms with Gasteiger partial charge in [0.25, 0.3) is 5.82 Å². The molecule has 0 aromatic carbocycles. The van der Waals surface area contributed by atoms with Crippen LogP contribution in [0.25, 0.3) is 0 Å². The lowest BCUT2D eigenvalue weighted by Gasteiger charge is -2.12. The molecule has 0 radical (unpaired) electrons. The number of aromatic nitrogens is 3. The van der Waals surface area contributed by atoms with Crippen LogP contribution >= 0.6 is 0 Å². The Morgan fingerprint density at radius 1 is 1.18 bits per heavy atom. The molecular weight excluding hydrogens is 373 g/mol. The van der Waals surface area contributed by atoms with Gasteiger partial charge in [0, 0.05) is 13.0 Å². The van der Waals surface area contributed by atoms with E-state index < -0.39 is 6.61 Å². The van der Waals surface area contributed by atoms with Gasteiger partial charge in [0.1, 0.15) is 12.0 Å². The Morgan fingerprint density at radius 2 is 2.04 bits per heavy atom. The number of anilines is 2. The molecule has 0 fully saturated rings. The van der Waals surface area contributed by atoms with Crippen molar-refractivity contribution in [1.82, 2.24) is 15.0 Å². The first-order chi connectivity index (χ1) is 13.5. The van der Waals surface area contributed by atoms with E-state index in [4.69, 9.17) is 0 Å². The maximum Gasteiger partial charge on any atom is 0.388 e. The summed E-state index contributed by atoms with van der Waals surface area (Å²) in [4.78, 5) is 16.9. The van der Waals surface area contributed by atoms with Gasteiger partial charge in [-0.2, -0.15) is 8.78 Å². The normalized spacial score (nSPS) is 18.1. The predicted octanol–water partition coefficient (Wildman–Crippen LogP) is 3.53. The summed E-state index contributed by atoms with van der Waals surface area (Å²) in [5, 5.41) is 2.99. The Balaban J connectivity index is 1.56. The molecule has 4 rings (SSSR count). The molecule has 2 aliphatic rings. The van der Waals surface area contributed by atoms with Crippen molar-refractivity contribution in [2.24, 2.45) is 4.99 Å². The summed E-state index contributed by atoms with van der Waals surface area (Å²) < 4.78 is 44.1. The number of nitrogens with one attached hydrogen (secondary N) is 1. The van der Waals surface area contributed by atoms with Crippen molar-refractivity contribution in [3.8, 4) is 5.88 Å². The summed E-state index contributed by atoms with van der Waals surface area (Å²) in [6, 6.07) is 2.45. The minimum atomic E-state index is -2.94. The number of allylic oxidation sites excluding steroid dienone is 2. The number of alkyl halides is 2. The lowest BCUT2D eigenvalue weighted by atomic mass is 10.1. The summed E-state index contributed by atoms with van der Waals surface area (Å²) in [5.41, 5.74) is 1.23. The minimum Gasteiger partial charge on any atom is -0.417 e. The number of pyridine rings is 1. The highest BCUT2D eigenvalue weighted by Crippen LogP contribution is 2.25. The molecule has 1 N–H and O–H groups in total. The average molecular weight is 387 g/mol. The number of hydrogen-bond acceptors (Lipinski definition) is 6. The van der Waals surface area contributed by atoms with E-state index in [1.54, 1.807) is 23.8 Å². The maximum atomic E-state index is 13.7. The molecule has 3 heterocycles. The summed E-state index contributed by atoms with van der Waals surface area (Å²) in [5.74, 6) is 1.02. The fourth-order valence-electron chi connectivity index (χ4n) is 2.91. The van der Waals surface area contributed by atoms with Crippen molar-refractivity contribution >= 4 is 28.9 Å². The van der Waals surface area contributed by atoms with E-state index in [2.05, 4.69) is 30.0 Å². The monoisotopic (exact) mass is 387 g/mol. The van der Waals surface area contributed by atoms with E-state index in [-0.39, 0.29) is 17.7 Å². The third-order valence-electron chi connectivity index (χ3n) is 4.04. The van der Waals surface area contributed by atoms with Gasteiger partial charge < -0.3 is 10.1 Å². The molecule has 10 heteroatoms. The second kappa shape index (κ2) is 7.22. The molecule has 7 nitrogen and oxygen atoms in total. The molecule has 1 unspecified atom stereocenters. The number of ether oxygens (including phenoxy) is 1. The number of nitrogens with zero attached hydrogens (tertiary/aromatic N) is 5. The Hall–Kier alpha value is -3.56. The number of halogens is 3. The van der Waals surface area contributed by atoms with Crippen molar-refractivity contribution in [2.75, 3.05) is 5.32 Å². The largest absolute Gasteiger partial charge is 0.417 e. The van der Waals surface area contributed by atoms with Crippen molar-refractivity contribution < 1.29 is 22.5 Å². The first-order valence-corrected chi connectivity index (χ1v) is 8.26. The van der Waals surface area contributed by atoms with Gasteiger partial charge in [0.2, 0.25) is 17.5 Å². The maximum absolute atomic E-state index is 13.7. The molecule has 28 heavy (non-hydrogen) atoms. The quantitative estimate of drug-likeness (QED) is 0.795. The summed E-state index contributed by atoms with van der Waals surface area (Å²) in [6.45, 7) is -1.13. The van der Waals surface area contributed by atoms with Crippen LogP contribution in [0.1, 0.15) is 6.92 Å². The van der Waals surface area contributed by atoms with Crippen LogP contribution in [-0.2, 0) is 0 Å². The molecule has 2 aromatic heterocycles. The summed E-state index contributed by atoms with van der Waals surface area (Å²) in [7, 11) is 0. The lowest BCUT2D eigenvalue weighted by molar-refractivity contribution is -0.452. The third-order valence-corrected chi connectivity index (χ3v) is 4.04. The molecule has 1 aliphatic carbocycles. The summed E-state index contributed by atoms with van der Waals surface area (Å²) in [6.07, 6.45) is 8.84. The molecule has 0 bridgehead atoms. The highest BCUT2D eigenvalue weighted by Gasteiger charge is 2.34. The Kier molecular flexibility index (Phi) is 4.60. The van der Waals surface area contributed by atoms with Gasteiger partial charge in [-0.1, -0.05) is 4.98 Å². The molecule has 2 aromatic rings. The van der Waals surface area contributed by atoms with Crippen LogP contribution in [0.5, 0.6) is 5.88 Å². The number of amidine groups is 1.